The molecule has 210 valence electrons. The van der Waals surface area contributed by atoms with Gasteiger partial charge in [0, 0.05) is 24.7 Å². The van der Waals surface area contributed by atoms with E-state index in [4.69, 9.17) is 26.2 Å². The molecule has 0 atom stereocenters. The quantitative estimate of drug-likeness (QED) is 0.260. The highest BCUT2D eigenvalue weighted by Gasteiger charge is 2.18. The predicted molar refractivity (Wildman–Crippen MR) is 165 cm³/mol. The van der Waals surface area contributed by atoms with Gasteiger partial charge in [-0.05, 0) is 127 Å². The molecular weight excluding hydrogens is 768 g/mol. The highest BCUT2D eigenvalue weighted by Crippen LogP contribution is 2.25. The molecule has 1 aliphatic heterocycles. The van der Waals surface area contributed by atoms with Gasteiger partial charge in [-0.3, -0.25) is 4.79 Å². The van der Waals surface area contributed by atoms with Crippen molar-refractivity contribution < 1.29 is 29.0 Å². The van der Waals surface area contributed by atoms with Gasteiger partial charge in [0.1, 0.15) is 17.2 Å². The molecule has 1 N–H and O–H groups in total. The van der Waals surface area contributed by atoms with Crippen LogP contribution in [0.15, 0.2) is 86.2 Å². The molecule has 0 bridgehead atoms. The van der Waals surface area contributed by atoms with Crippen molar-refractivity contribution in [2.24, 2.45) is 0 Å². The first-order valence-electron chi connectivity index (χ1n) is 11.1. The van der Waals surface area contributed by atoms with Gasteiger partial charge in [-0.1, -0.05) is 36.4 Å². The lowest BCUT2D eigenvalue weighted by molar-refractivity contribution is 0.142. The van der Waals surface area contributed by atoms with Gasteiger partial charge in [-0.25, -0.2) is 9.59 Å². The largest absolute Gasteiger partial charge is 0.507 e. The molecule has 0 aromatic heterocycles. The van der Waals surface area contributed by atoms with Crippen LogP contribution in [0.3, 0.4) is 0 Å². The van der Waals surface area contributed by atoms with Crippen molar-refractivity contribution in [1.29, 1.82) is 0 Å². The highest BCUT2D eigenvalue weighted by molar-refractivity contribution is 9.11. The number of para-hydroxylation sites is 3. The molecule has 0 aliphatic carbocycles. The Morgan fingerprint density at radius 1 is 0.667 bits per heavy atom. The number of rotatable bonds is 2. The van der Waals surface area contributed by atoms with Crippen LogP contribution < -0.4 is 9.47 Å². The van der Waals surface area contributed by atoms with E-state index in [0.717, 1.165) is 34.9 Å². The minimum Gasteiger partial charge on any atom is -0.507 e. The monoisotopic (exact) mass is 787 g/mol. The zero-order valence-corrected chi connectivity index (χ0v) is 27.2. The second-order valence-corrected chi connectivity index (χ2v) is 11.0. The Balaban J connectivity index is 0.000000288. The summed E-state index contributed by atoms with van der Waals surface area (Å²) in [6, 6.07) is 21.4. The number of halogens is 6. The van der Waals surface area contributed by atoms with Crippen LogP contribution in [0.5, 0.6) is 17.2 Å². The fourth-order valence-corrected chi connectivity index (χ4v) is 3.93. The van der Waals surface area contributed by atoms with Crippen LogP contribution in [0.4, 0.5) is 14.4 Å². The number of hydrogen-bond acceptors (Lipinski definition) is 6. The summed E-state index contributed by atoms with van der Waals surface area (Å²) in [5.74, 6) is 1.29. The predicted octanol–water partition coefficient (Wildman–Crippen LogP) is 10.4. The van der Waals surface area contributed by atoms with Crippen LogP contribution in [-0.4, -0.2) is 39.3 Å². The molecule has 0 radical (unpaired) electrons. The minimum absolute atomic E-state index is 0.244. The van der Waals surface area contributed by atoms with Gasteiger partial charge >= 0.3 is 16.2 Å². The number of nitrogens with zero attached hydrogens (tertiary/aromatic N) is 1. The van der Waals surface area contributed by atoms with Crippen molar-refractivity contribution in [3.05, 3.63) is 86.2 Å². The fraction of sp³-hybridized carbons (Fsp3) is 0.192. The summed E-state index contributed by atoms with van der Waals surface area (Å²) in [7, 11) is 0. The van der Waals surface area contributed by atoms with Gasteiger partial charge in [0.05, 0.1) is 13.4 Å². The lowest BCUT2D eigenvalue weighted by Gasteiger charge is -2.25. The van der Waals surface area contributed by atoms with E-state index in [1.165, 1.54) is 6.42 Å². The first kappa shape index (κ1) is 35.2. The number of amides is 1. The Kier molecular flexibility index (Phi) is 18.2. The third-order valence-corrected chi connectivity index (χ3v) is 6.59. The van der Waals surface area contributed by atoms with Gasteiger partial charge < -0.3 is 19.5 Å². The van der Waals surface area contributed by atoms with E-state index < -0.39 is 10.1 Å². The lowest BCUT2D eigenvalue weighted by Crippen LogP contribution is -2.37. The molecule has 39 heavy (non-hydrogen) atoms. The number of carbonyl (C=O) groups excluding carboxylic acids is 3. The summed E-state index contributed by atoms with van der Waals surface area (Å²) in [5.41, 5.74) is -0.836. The highest BCUT2D eigenvalue weighted by atomic mass is 79.9. The van der Waals surface area contributed by atoms with Crippen LogP contribution in [0.2, 0.25) is 0 Å². The van der Waals surface area contributed by atoms with E-state index in [9.17, 15) is 9.59 Å². The molecule has 4 rings (SSSR count). The van der Waals surface area contributed by atoms with Crippen LogP contribution in [0, 0.1) is 0 Å². The Hall–Kier alpha value is -1.82. The molecular formula is C26H23Br3Cl3NO6. The SMILES string of the molecule is O=C(Cl)Cl.O=C(Cl)Oc1ccccc1Br.O=C(Oc1ccccc1Br)N1CCCCC1.Oc1ccccc1Br. The van der Waals surface area contributed by atoms with Gasteiger partial charge in [-0.2, -0.15) is 0 Å². The average molecular weight is 792 g/mol. The van der Waals surface area contributed by atoms with Crippen LogP contribution in [0.1, 0.15) is 19.3 Å². The van der Waals surface area contributed by atoms with Crippen molar-refractivity contribution in [3.63, 3.8) is 0 Å². The average Bonchev–Trinajstić information content (AvgIpc) is 2.89. The van der Waals surface area contributed by atoms with E-state index in [-0.39, 0.29) is 11.8 Å². The third kappa shape index (κ3) is 16.1. The molecule has 0 spiro atoms. The van der Waals surface area contributed by atoms with Crippen LogP contribution in [-0.2, 0) is 0 Å². The standard InChI is InChI=1S/C12H14BrNO2.C7H4BrClO2.C6H5BrO.CCl2O/c13-10-6-2-3-7-11(10)16-12(15)14-8-4-1-5-9-14;8-5-3-1-2-4-6(5)11-7(9)10;7-5-3-1-2-4-6(5)8;2-1(3)4/h2-3,6-7H,1,4-5,8-9H2;1-4H;1-4,8H;. The summed E-state index contributed by atoms with van der Waals surface area (Å²) in [6.45, 7) is 1.62. The summed E-state index contributed by atoms with van der Waals surface area (Å²) < 4.78 is 11.3. The molecule has 1 saturated heterocycles. The van der Waals surface area contributed by atoms with E-state index in [1.54, 1.807) is 47.4 Å². The van der Waals surface area contributed by atoms with Gasteiger partial charge in [0.15, 0.2) is 0 Å². The summed E-state index contributed by atoms with van der Waals surface area (Å²) in [4.78, 5) is 32.8. The number of hydrogen-bond donors (Lipinski definition) is 1. The second kappa shape index (κ2) is 20.1. The number of aromatic hydroxyl groups is 1. The summed E-state index contributed by atoms with van der Waals surface area (Å²) in [5, 5.41) is 8.87. The Morgan fingerprint density at radius 3 is 1.46 bits per heavy atom. The molecule has 1 aliphatic rings. The molecule has 3 aromatic carbocycles. The normalized spacial score (nSPS) is 11.7. The van der Waals surface area contributed by atoms with Crippen molar-refractivity contribution >= 4 is 98.8 Å². The molecule has 1 fully saturated rings. The number of benzene rings is 3. The third-order valence-electron chi connectivity index (χ3n) is 4.53. The number of phenols is 1. The van der Waals surface area contributed by atoms with Crippen molar-refractivity contribution in [2.75, 3.05) is 13.1 Å². The van der Waals surface area contributed by atoms with E-state index in [2.05, 4.69) is 75.7 Å². The minimum atomic E-state index is -0.889. The van der Waals surface area contributed by atoms with Crippen LogP contribution >= 0.6 is 82.6 Å². The molecule has 1 amide bonds. The molecule has 3 aromatic rings. The van der Waals surface area contributed by atoms with Crippen LogP contribution in [0.25, 0.3) is 0 Å². The van der Waals surface area contributed by atoms with Crippen molar-refractivity contribution in [3.8, 4) is 17.2 Å². The number of likely N-dealkylation sites (tertiary alicyclic amines) is 1. The molecule has 0 saturated carbocycles. The Labute approximate surface area is 266 Å². The first-order valence-corrected chi connectivity index (χ1v) is 14.6. The van der Waals surface area contributed by atoms with E-state index in [0.29, 0.717) is 16.0 Å². The maximum absolute atomic E-state index is 11.8. The van der Waals surface area contributed by atoms with Crippen molar-refractivity contribution in [2.45, 2.75) is 19.3 Å². The van der Waals surface area contributed by atoms with Gasteiger partial charge in [0.2, 0.25) is 0 Å². The lowest BCUT2D eigenvalue weighted by atomic mass is 10.1. The van der Waals surface area contributed by atoms with Crippen molar-refractivity contribution in [1.82, 2.24) is 4.90 Å². The molecule has 13 heteroatoms. The van der Waals surface area contributed by atoms with E-state index >= 15 is 0 Å². The first-order chi connectivity index (χ1) is 18.5. The topological polar surface area (TPSA) is 93.1 Å². The van der Waals surface area contributed by atoms with Gasteiger partial charge in [0.25, 0.3) is 0 Å². The fourth-order valence-electron chi connectivity index (χ4n) is 2.83. The Bertz CT molecular complexity index is 1190. The number of piperidine rings is 1. The smallest absolute Gasteiger partial charge is 0.415 e. The second-order valence-electron chi connectivity index (χ2n) is 7.29. The number of ether oxygens (including phenoxy) is 2. The summed E-state index contributed by atoms with van der Waals surface area (Å²) in [6.07, 6.45) is 3.11. The Morgan fingerprint density at radius 2 is 1.08 bits per heavy atom. The maximum atomic E-state index is 11.8. The van der Waals surface area contributed by atoms with Gasteiger partial charge in [-0.15, -0.1) is 0 Å². The summed E-state index contributed by atoms with van der Waals surface area (Å²) >= 11 is 23.5. The molecule has 1 heterocycles. The molecule has 7 nitrogen and oxygen atoms in total. The molecule has 0 unspecified atom stereocenters. The number of phenolic OH excluding ortho intramolecular Hbond substituents is 1. The zero-order valence-electron chi connectivity index (χ0n) is 20.2. The zero-order chi connectivity index (χ0) is 29.2. The number of carbonyl (C=O) groups is 3. The maximum Gasteiger partial charge on any atom is 0.415 e. The van der Waals surface area contributed by atoms with E-state index in [1.807, 2.05) is 30.3 Å².